The van der Waals surface area contributed by atoms with Gasteiger partial charge in [-0.2, -0.15) is 10.4 Å². The predicted octanol–water partition coefficient (Wildman–Crippen LogP) is 1.58. The van der Waals surface area contributed by atoms with E-state index in [1.807, 2.05) is 6.07 Å². The lowest BCUT2D eigenvalue weighted by Gasteiger charge is -2.04. The maximum atomic E-state index is 11.9. The highest BCUT2D eigenvalue weighted by Gasteiger charge is 2.08. The second kappa shape index (κ2) is 6.13. The third kappa shape index (κ3) is 3.53. The van der Waals surface area contributed by atoms with Crippen LogP contribution in [0.15, 0.2) is 41.2 Å². The number of halogens is 1. The van der Waals surface area contributed by atoms with Crippen molar-refractivity contribution in [2.24, 2.45) is 0 Å². The first-order valence-corrected chi connectivity index (χ1v) is 6.20. The zero-order valence-corrected chi connectivity index (χ0v) is 11.2. The summed E-state index contributed by atoms with van der Waals surface area (Å²) in [5, 5.41) is 12.6. The minimum atomic E-state index is -0.373. The molecule has 6 heteroatoms. The van der Waals surface area contributed by atoms with E-state index in [0.29, 0.717) is 5.56 Å². The van der Waals surface area contributed by atoms with Crippen LogP contribution in [0.5, 0.6) is 0 Å². The van der Waals surface area contributed by atoms with Gasteiger partial charge in [0.05, 0.1) is 11.6 Å². The van der Waals surface area contributed by atoms with Gasteiger partial charge < -0.3 is 0 Å². The fourth-order valence-electron chi connectivity index (χ4n) is 1.69. The van der Waals surface area contributed by atoms with Gasteiger partial charge in [-0.15, -0.1) is 0 Å². The van der Waals surface area contributed by atoms with Crippen LogP contribution in [0, 0.1) is 11.3 Å². The molecule has 5 nitrogen and oxygen atoms in total. The number of nitrogens with zero attached hydrogens (tertiary/aromatic N) is 3. The SMILES string of the molecule is N#Cc1ccc(CC(=O)Cn2nc(Cl)ccc2=O)cc1. The van der Waals surface area contributed by atoms with E-state index in [1.165, 1.54) is 12.1 Å². The van der Waals surface area contributed by atoms with Gasteiger partial charge in [-0.25, -0.2) is 4.68 Å². The number of hydrogen-bond acceptors (Lipinski definition) is 4. The Hall–Kier alpha value is -2.45. The monoisotopic (exact) mass is 287 g/mol. The van der Waals surface area contributed by atoms with E-state index in [9.17, 15) is 9.59 Å². The third-order valence-electron chi connectivity index (χ3n) is 2.64. The van der Waals surface area contributed by atoms with Crippen molar-refractivity contribution in [1.29, 1.82) is 5.26 Å². The van der Waals surface area contributed by atoms with Crippen molar-refractivity contribution in [3.05, 3.63) is 63.0 Å². The summed E-state index contributed by atoms with van der Waals surface area (Å²) in [6, 6.07) is 11.4. The minimum Gasteiger partial charge on any atom is -0.297 e. The van der Waals surface area contributed by atoms with Gasteiger partial charge in [-0.1, -0.05) is 23.7 Å². The molecule has 0 aliphatic heterocycles. The fraction of sp³-hybridized carbons (Fsp3) is 0.143. The number of benzene rings is 1. The molecule has 0 aliphatic rings. The summed E-state index contributed by atoms with van der Waals surface area (Å²) in [7, 11) is 0. The van der Waals surface area contributed by atoms with E-state index in [-0.39, 0.29) is 29.5 Å². The number of ketones is 1. The summed E-state index contributed by atoms with van der Waals surface area (Å²) in [5.41, 5.74) is 0.945. The van der Waals surface area contributed by atoms with E-state index in [2.05, 4.69) is 5.10 Å². The minimum absolute atomic E-state index is 0.126. The van der Waals surface area contributed by atoms with Crippen molar-refractivity contribution in [3.8, 4) is 6.07 Å². The lowest BCUT2D eigenvalue weighted by Crippen LogP contribution is -2.26. The zero-order valence-electron chi connectivity index (χ0n) is 10.4. The van der Waals surface area contributed by atoms with Crippen LogP contribution in [0.2, 0.25) is 5.15 Å². The molecule has 1 heterocycles. The first kappa shape index (κ1) is 14.0. The normalized spacial score (nSPS) is 10.0. The highest BCUT2D eigenvalue weighted by Crippen LogP contribution is 2.05. The van der Waals surface area contributed by atoms with E-state index in [1.54, 1.807) is 24.3 Å². The summed E-state index contributed by atoms with van der Waals surface area (Å²) >= 11 is 5.68. The van der Waals surface area contributed by atoms with Crippen molar-refractivity contribution in [2.75, 3.05) is 0 Å². The van der Waals surface area contributed by atoms with Crippen LogP contribution in [0.25, 0.3) is 0 Å². The molecule has 0 radical (unpaired) electrons. The average molecular weight is 288 g/mol. The molecule has 100 valence electrons. The van der Waals surface area contributed by atoms with E-state index >= 15 is 0 Å². The lowest BCUT2D eigenvalue weighted by atomic mass is 10.1. The molecule has 2 aromatic rings. The number of aromatic nitrogens is 2. The first-order chi connectivity index (χ1) is 9.58. The van der Waals surface area contributed by atoms with Gasteiger partial charge in [0.25, 0.3) is 5.56 Å². The number of carbonyl (C=O) groups excluding carboxylic acids is 1. The van der Waals surface area contributed by atoms with Crippen LogP contribution in [0.1, 0.15) is 11.1 Å². The molecule has 0 unspecified atom stereocenters. The molecule has 0 fully saturated rings. The van der Waals surface area contributed by atoms with Gasteiger partial charge in [0.2, 0.25) is 0 Å². The Balaban J connectivity index is 2.07. The molecule has 0 spiro atoms. The van der Waals surface area contributed by atoms with Gasteiger partial charge in [0.1, 0.15) is 11.7 Å². The first-order valence-electron chi connectivity index (χ1n) is 5.83. The fourth-order valence-corrected chi connectivity index (χ4v) is 1.84. The Morgan fingerprint density at radius 3 is 2.60 bits per heavy atom. The molecule has 0 saturated heterocycles. The number of nitriles is 1. The second-order valence-electron chi connectivity index (χ2n) is 4.18. The zero-order chi connectivity index (χ0) is 14.5. The molecule has 0 atom stereocenters. The van der Waals surface area contributed by atoms with E-state index in [4.69, 9.17) is 16.9 Å². The summed E-state index contributed by atoms with van der Waals surface area (Å²) in [6.45, 7) is -0.126. The van der Waals surface area contributed by atoms with Gasteiger partial charge in [-0.3, -0.25) is 9.59 Å². The second-order valence-corrected chi connectivity index (χ2v) is 4.56. The van der Waals surface area contributed by atoms with E-state index in [0.717, 1.165) is 10.2 Å². The quantitative estimate of drug-likeness (QED) is 0.855. The highest BCUT2D eigenvalue weighted by molar-refractivity contribution is 6.29. The molecular weight excluding hydrogens is 278 g/mol. The van der Waals surface area contributed by atoms with Crippen LogP contribution >= 0.6 is 11.6 Å². The van der Waals surface area contributed by atoms with Crippen molar-refractivity contribution < 1.29 is 4.79 Å². The van der Waals surface area contributed by atoms with E-state index < -0.39 is 0 Å². The summed E-state index contributed by atoms with van der Waals surface area (Å²) < 4.78 is 1.04. The molecule has 1 aromatic carbocycles. The van der Waals surface area contributed by atoms with Crippen molar-refractivity contribution in [3.63, 3.8) is 0 Å². The highest BCUT2D eigenvalue weighted by atomic mass is 35.5. The predicted molar refractivity (Wildman–Crippen MR) is 73.4 cm³/mol. The molecule has 0 bridgehead atoms. The number of carbonyl (C=O) groups is 1. The Bertz CT molecular complexity index is 729. The Morgan fingerprint density at radius 1 is 1.25 bits per heavy atom. The number of Topliss-reactive ketones (excluding diaryl/α,β-unsaturated/α-hetero) is 1. The third-order valence-corrected chi connectivity index (χ3v) is 2.85. The molecule has 0 aliphatic carbocycles. The molecule has 20 heavy (non-hydrogen) atoms. The standard InChI is InChI=1S/C14H10ClN3O2/c15-13-5-6-14(20)18(17-13)9-12(19)7-10-1-3-11(8-16)4-2-10/h1-6H,7,9H2. The number of hydrogen-bond donors (Lipinski definition) is 0. The Labute approximate surface area is 120 Å². The molecule has 1 aromatic heterocycles. The average Bonchev–Trinajstić information content (AvgIpc) is 2.43. The Kier molecular flexibility index (Phi) is 4.28. The van der Waals surface area contributed by atoms with Crippen LogP contribution < -0.4 is 5.56 Å². The number of rotatable bonds is 4. The van der Waals surface area contributed by atoms with Crippen molar-refractivity contribution in [2.45, 2.75) is 13.0 Å². The van der Waals surface area contributed by atoms with Gasteiger partial charge in [0, 0.05) is 12.5 Å². The van der Waals surface area contributed by atoms with Gasteiger partial charge in [-0.05, 0) is 23.8 Å². The van der Waals surface area contributed by atoms with Crippen molar-refractivity contribution >= 4 is 17.4 Å². The maximum Gasteiger partial charge on any atom is 0.267 e. The Morgan fingerprint density at radius 2 is 1.95 bits per heavy atom. The molecule has 0 N–H and O–H groups in total. The van der Waals surface area contributed by atoms with Crippen LogP contribution in [0.3, 0.4) is 0 Å². The maximum absolute atomic E-state index is 11.9. The molecular formula is C14H10ClN3O2. The molecule has 0 saturated carbocycles. The van der Waals surface area contributed by atoms with Gasteiger partial charge >= 0.3 is 0 Å². The topological polar surface area (TPSA) is 75.8 Å². The smallest absolute Gasteiger partial charge is 0.267 e. The molecule has 0 amide bonds. The van der Waals surface area contributed by atoms with Crippen LogP contribution in [-0.4, -0.2) is 15.6 Å². The van der Waals surface area contributed by atoms with Gasteiger partial charge in [0.15, 0.2) is 5.78 Å². The largest absolute Gasteiger partial charge is 0.297 e. The molecule has 2 rings (SSSR count). The van der Waals surface area contributed by atoms with Crippen molar-refractivity contribution in [1.82, 2.24) is 9.78 Å². The lowest BCUT2D eigenvalue weighted by molar-refractivity contribution is -0.119. The summed E-state index contributed by atoms with van der Waals surface area (Å²) in [6.07, 6.45) is 0.173. The summed E-state index contributed by atoms with van der Waals surface area (Å²) in [4.78, 5) is 23.4. The van der Waals surface area contributed by atoms with Crippen LogP contribution in [0.4, 0.5) is 0 Å². The van der Waals surface area contributed by atoms with Crippen LogP contribution in [-0.2, 0) is 17.8 Å². The summed E-state index contributed by atoms with van der Waals surface area (Å²) in [5.74, 6) is -0.161.